The average molecular weight is 265 g/mol. The third-order valence-electron chi connectivity index (χ3n) is 2.54. The molecular weight excluding hydrogens is 252 g/mol. The first-order valence-electron chi connectivity index (χ1n) is 5.53. The zero-order valence-electron chi connectivity index (χ0n) is 9.93. The predicted octanol–water partition coefficient (Wildman–Crippen LogP) is 1.44. The Bertz CT molecular complexity index is 535. The van der Waals surface area contributed by atoms with Gasteiger partial charge in [-0.05, 0) is 12.1 Å². The van der Waals surface area contributed by atoms with Gasteiger partial charge in [-0.25, -0.2) is 9.97 Å². The van der Waals surface area contributed by atoms with Crippen molar-refractivity contribution in [2.24, 2.45) is 7.05 Å². The van der Waals surface area contributed by atoms with Crippen LogP contribution in [0.3, 0.4) is 0 Å². The molecule has 2 heterocycles. The first-order valence-corrected chi connectivity index (χ1v) is 5.90. The van der Waals surface area contributed by atoms with Gasteiger partial charge in [0.2, 0.25) is 0 Å². The summed E-state index contributed by atoms with van der Waals surface area (Å²) in [4.78, 5) is 19.8. The van der Waals surface area contributed by atoms with E-state index in [1.54, 1.807) is 18.3 Å². The maximum atomic E-state index is 11.7. The molecule has 2 rings (SSSR count). The summed E-state index contributed by atoms with van der Waals surface area (Å²) in [6, 6.07) is 3.24. The smallest absolute Gasteiger partial charge is 0.252 e. The first kappa shape index (κ1) is 12.6. The van der Waals surface area contributed by atoms with Crippen molar-refractivity contribution in [1.82, 2.24) is 19.9 Å². The number of nitrogens with one attached hydrogen (secondary N) is 1. The lowest BCUT2D eigenvalue weighted by Gasteiger charge is -2.05. The lowest BCUT2D eigenvalue weighted by Crippen LogP contribution is -2.26. The highest BCUT2D eigenvalue weighted by Crippen LogP contribution is 2.05. The summed E-state index contributed by atoms with van der Waals surface area (Å²) in [6.45, 7) is 0.534. The van der Waals surface area contributed by atoms with E-state index in [0.717, 1.165) is 5.82 Å². The minimum atomic E-state index is -0.159. The zero-order valence-corrected chi connectivity index (χ0v) is 10.7. The van der Waals surface area contributed by atoms with Crippen molar-refractivity contribution in [3.63, 3.8) is 0 Å². The number of carbonyl (C=O) groups is 1. The molecule has 18 heavy (non-hydrogen) atoms. The quantitative estimate of drug-likeness (QED) is 0.850. The summed E-state index contributed by atoms with van der Waals surface area (Å²) in [5.74, 6) is 0.776. The van der Waals surface area contributed by atoms with Crippen LogP contribution in [0.2, 0.25) is 5.15 Å². The molecule has 0 bridgehead atoms. The van der Waals surface area contributed by atoms with E-state index in [2.05, 4.69) is 15.3 Å². The SMILES string of the molecule is Cn1ccnc1CCNC(=O)c1ccc(Cl)nc1. The number of nitrogens with zero attached hydrogens (tertiary/aromatic N) is 3. The maximum absolute atomic E-state index is 11.7. The molecule has 0 aliphatic heterocycles. The van der Waals surface area contributed by atoms with E-state index < -0.39 is 0 Å². The second-order valence-corrected chi connectivity index (χ2v) is 4.22. The number of halogens is 1. The second kappa shape index (κ2) is 5.64. The van der Waals surface area contributed by atoms with E-state index >= 15 is 0 Å². The van der Waals surface area contributed by atoms with Crippen LogP contribution in [0.25, 0.3) is 0 Å². The van der Waals surface area contributed by atoms with Crippen LogP contribution in [-0.4, -0.2) is 27.0 Å². The van der Waals surface area contributed by atoms with Gasteiger partial charge in [0.1, 0.15) is 11.0 Å². The molecule has 0 aromatic carbocycles. The molecule has 1 N–H and O–H groups in total. The van der Waals surface area contributed by atoms with Gasteiger partial charge in [0.25, 0.3) is 5.91 Å². The summed E-state index contributed by atoms with van der Waals surface area (Å²) in [7, 11) is 1.92. The number of carbonyl (C=O) groups excluding carboxylic acids is 1. The maximum Gasteiger partial charge on any atom is 0.252 e. The Morgan fingerprint density at radius 1 is 1.44 bits per heavy atom. The summed E-state index contributed by atoms with van der Waals surface area (Å²) < 4.78 is 1.93. The van der Waals surface area contributed by atoms with Gasteiger partial charge in [0.05, 0.1) is 5.56 Å². The van der Waals surface area contributed by atoms with E-state index in [1.165, 1.54) is 6.20 Å². The van der Waals surface area contributed by atoms with Crippen LogP contribution in [0, 0.1) is 0 Å². The molecule has 0 radical (unpaired) electrons. The molecule has 94 valence electrons. The number of imidazole rings is 1. The van der Waals surface area contributed by atoms with Crippen LogP contribution in [0.1, 0.15) is 16.2 Å². The van der Waals surface area contributed by atoms with Gasteiger partial charge < -0.3 is 9.88 Å². The Hall–Kier alpha value is -1.88. The summed E-state index contributed by atoms with van der Waals surface area (Å²) >= 11 is 5.65. The van der Waals surface area contributed by atoms with Crippen LogP contribution in [0.4, 0.5) is 0 Å². The van der Waals surface area contributed by atoms with Crippen LogP contribution >= 0.6 is 11.6 Å². The predicted molar refractivity (Wildman–Crippen MR) is 68.5 cm³/mol. The molecule has 6 heteroatoms. The minimum Gasteiger partial charge on any atom is -0.352 e. The highest BCUT2D eigenvalue weighted by atomic mass is 35.5. The van der Waals surface area contributed by atoms with Crippen molar-refractivity contribution >= 4 is 17.5 Å². The number of hydrogen-bond donors (Lipinski definition) is 1. The number of amides is 1. The molecule has 0 spiro atoms. The van der Waals surface area contributed by atoms with Gasteiger partial charge >= 0.3 is 0 Å². The molecule has 2 aromatic heterocycles. The zero-order chi connectivity index (χ0) is 13.0. The van der Waals surface area contributed by atoms with Gasteiger partial charge in [-0.1, -0.05) is 11.6 Å². The van der Waals surface area contributed by atoms with Crippen molar-refractivity contribution in [2.45, 2.75) is 6.42 Å². The Labute approximate surface area is 110 Å². The molecule has 0 unspecified atom stereocenters. The molecule has 2 aromatic rings. The molecular formula is C12H13ClN4O. The van der Waals surface area contributed by atoms with Crippen molar-refractivity contribution < 1.29 is 4.79 Å². The number of aryl methyl sites for hydroxylation is 1. The van der Waals surface area contributed by atoms with Gasteiger partial charge in [0.15, 0.2) is 0 Å². The fourth-order valence-corrected chi connectivity index (χ4v) is 1.65. The monoisotopic (exact) mass is 264 g/mol. The van der Waals surface area contributed by atoms with Gasteiger partial charge in [-0.2, -0.15) is 0 Å². The van der Waals surface area contributed by atoms with Gasteiger partial charge in [0, 0.05) is 38.6 Å². The Kier molecular flexibility index (Phi) is 3.94. The molecule has 5 nitrogen and oxygen atoms in total. The normalized spacial score (nSPS) is 10.3. The minimum absolute atomic E-state index is 0.159. The number of aromatic nitrogens is 3. The molecule has 0 aliphatic carbocycles. The van der Waals surface area contributed by atoms with Gasteiger partial charge in [-0.3, -0.25) is 4.79 Å². The van der Waals surface area contributed by atoms with Crippen molar-refractivity contribution in [1.29, 1.82) is 0 Å². The lowest BCUT2D eigenvalue weighted by molar-refractivity contribution is 0.0953. The fourth-order valence-electron chi connectivity index (χ4n) is 1.54. The van der Waals surface area contributed by atoms with Crippen LogP contribution < -0.4 is 5.32 Å². The van der Waals surface area contributed by atoms with E-state index in [0.29, 0.717) is 23.7 Å². The number of hydrogen-bond acceptors (Lipinski definition) is 3. The highest BCUT2D eigenvalue weighted by Gasteiger charge is 2.06. The van der Waals surface area contributed by atoms with Crippen LogP contribution in [0.15, 0.2) is 30.7 Å². The van der Waals surface area contributed by atoms with Crippen molar-refractivity contribution in [3.05, 3.63) is 47.3 Å². The van der Waals surface area contributed by atoms with Crippen LogP contribution in [-0.2, 0) is 13.5 Å². The molecule has 0 aliphatic rings. The largest absolute Gasteiger partial charge is 0.352 e. The first-order chi connectivity index (χ1) is 8.66. The molecule has 0 saturated heterocycles. The lowest BCUT2D eigenvalue weighted by atomic mass is 10.2. The van der Waals surface area contributed by atoms with E-state index in [9.17, 15) is 4.79 Å². The Morgan fingerprint density at radius 3 is 2.89 bits per heavy atom. The number of rotatable bonds is 4. The summed E-state index contributed by atoms with van der Waals surface area (Å²) in [5, 5.41) is 3.18. The molecule has 1 amide bonds. The average Bonchev–Trinajstić information content (AvgIpc) is 2.76. The van der Waals surface area contributed by atoms with Crippen molar-refractivity contribution in [3.8, 4) is 0 Å². The summed E-state index contributed by atoms with van der Waals surface area (Å²) in [5.41, 5.74) is 0.499. The molecule has 0 atom stereocenters. The summed E-state index contributed by atoms with van der Waals surface area (Å²) in [6.07, 6.45) is 5.76. The highest BCUT2D eigenvalue weighted by molar-refractivity contribution is 6.29. The molecule has 0 saturated carbocycles. The third-order valence-corrected chi connectivity index (χ3v) is 2.77. The standard InChI is InChI=1S/C12H13ClN4O/c1-17-7-6-14-11(17)4-5-15-12(18)9-2-3-10(13)16-8-9/h2-3,6-8H,4-5H2,1H3,(H,15,18). The Morgan fingerprint density at radius 2 is 2.28 bits per heavy atom. The topological polar surface area (TPSA) is 59.8 Å². The fraction of sp³-hybridized carbons (Fsp3) is 0.250. The van der Waals surface area contributed by atoms with E-state index in [4.69, 9.17) is 11.6 Å². The Balaban J connectivity index is 1.85. The van der Waals surface area contributed by atoms with Crippen molar-refractivity contribution in [2.75, 3.05) is 6.54 Å². The molecule has 0 fully saturated rings. The van der Waals surface area contributed by atoms with E-state index in [1.807, 2.05) is 17.8 Å². The number of pyridine rings is 1. The van der Waals surface area contributed by atoms with Gasteiger partial charge in [-0.15, -0.1) is 0 Å². The third kappa shape index (κ3) is 3.07. The second-order valence-electron chi connectivity index (χ2n) is 3.83. The van der Waals surface area contributed by atoms with E-state index in [-0.39, 0.29) is 5.91 Å². The van der Waals surface area contributed by atoms with Crippen LogP contribution in [0.5, 0.6) is 0 Å².